The van der Waals surface area contributed by atoms with E-state index >= 15 is 0 Å². The van der Waals surface area contributed by atoms with Gasteiger partial charge in [0.15, 0.2) is 5.82 Å². The van der Waals surface area contributed by atoms with Crippen molar-refractivity contribution in [2.45, 2.75) is 0 Å². The molecule has 0 saturated carbocycles. The maximum Gasteiger partial charge on any atom is 0.338 e. The Bertz CT molecular complexity index is 338. The molecule has 0 bridgehead atoms. The highest BCUT2D eigenvalue weighted by molar-refractivity contribution is 6.32. The number of hydrogen-bond acceptors (Lipinski definition) is 2. The van der Waals surface area contributed by atoms with Crippen LogP contribution >= 0.6 is 11.6 Å². The molecule has 1 aromatic rings. The van der Waals surface area contributed by atoms with Crippen molar-refractivity contribution in [2.24, 2.45) is 0 Å². The summed E-state index contributed by atoms with van der Waals surface area (Å²) in [6, 6.07) is 1.97. The van der Waals surface area contributed by atoms with Crippen molar-refractivity contribution in [3.8, 4) is 5.75 Å². The molecule has 0 amide bonds. The number of benzene rings is 1. The molecule has 0 unspecified atom stereocenters. The molecular weight excluding hydrogens is 187 g/mol. The van der Waals surface area contributed by atoms with Crippen molar-refractivity contribution in [1.82, 2.24) is 0 Å². The van der Waals surface area contributed by atoms with Crippen LogP contribution in [-0.2, 0) is 0 Å². The second-order valence-corrected chi connectivity index (χ2v) is 2.44. The second-order valence-electron chi connectivity index (χ2n) is 2.07. The maximum atomic E-state index is 12.8. The van der Waals surface area contributed by atoms with Gasteiger partial charge in [-0.2, -0.15) is 0 Å². The second kappa shape index (κ2) is 2.98. The first-order valence-electron chi connectivity index (χ1n) is 2.94. The molecule has 0 aromatic heterocycles. The first-order chi connectivity index (χ1) is 5.54. The van der Waals surface area contributed by atoms with Gasteiger partial charge in [0.05, 0.1) is 5.56 Å². The summed E-state index contributed by atoms with van der Waals surface area (Å²) in [5.74, 6) is -3.02. The van der Waals surface area contributed by atoms with Crippen LogP contribution in [0.1, 0.15) is 10.4 Å². The predicted molar refractivity (Wildman–Crippen MR) is 40.0 cm³/mol. The highest BCUT2D eigenvalue weighted by atomic mass is 35.5. The molecule has 1 rings (SSSR count). The summed E-state index contributed by atoms with van der Waals surface area (Å²) < 4.78 is 12.8. The number of halogens is 2. The van der Waals surface area contributed by atoms with E-state index in [0.717, 1.165) is 12.1 Å². The lowest BCUT2D eigenvalue weighted by Gasteiger charge is -2.00. The van der Waals surface area contributed by atoms with Gasteiger partial charge in [0.1, 0.15) is 10.8 Å². The Balaban J connectivity index is 3.36. The number of rotatable bonds is 1. The molecular formula is C7H4ClFO3. The smallest absolute Gasteiger partial charge is 0.338 e. The molecule has 0 saturated heterocycles. The van der Waals surface area contributed by atoms with E-state index in [1.807, 2.05) is 0 Å². The van der Waals surface area contributed by atoms with Crippen LogP contribution in [0.25, 0.3) is 0 Å². The van der Waals surface area contributed by atoms with Crippen molar-refractivity contribution in [3.05, 3.63) is 28.5 Å². The molecule has 5 heteroatoms. The van der Waals surface area contributed by atoms with Gasteiger partial charge in [-0.05, 0) is 12.1 Å². The zero-order valence-electron chi connectivity index (χ0n) is 5.71. The number of carbonyl (C=O) groups is 1. The van der Waals surface area contributed by atoms with Crippen LogP contribution in [0.3, 0.4) is 0 Å². The molecule has 64 valence electrons. The van der Waals surface area contributed by atoms with Crippen molar-refractivity contribution < 1.29 is 19.4 Å². The topological polar surface area (TPSA) is 57.5 Å². The number of phenolic OH excluding ortho intramolecular Hbond substituents is 1. The average Bonchev–Trinajstić information content (AvgIpc) is 2.00. The minimum Gasteiger partial charge on any atom is -0.506 e. The molecule has 0 atom stereocenters. The fourth-order valence-electron chi connectivity index (χ4n) is 0.704. The Hall–Kier alpha value is -1.29. The van der Waals surface area contributed by atoms with Crippen LogP contribution in [0.2, 0.25) is 5.02 Å². The van der Waals surface area contributed by atoms with Crippen molar-refractivity contribution in [2.75, 3.05) is 0 Å². The van der Waals surface area contributed by atoms with Crippen molar-refractivity contribution in [3.63, 3.8) is 0 Å². The van der Waals surface area contributed by atoms with Gasteiger partial charge in [0.25, 0.3) is 0 Å². The first-order valence-corrected chi connectivity index (χ1v) is 3.32. The largest absolute Gasteiger partial charge is 0.506 e. The number of phenols is 1. The summed E-state index contributed by atoms with van der Waals surface area (Å²) in [6.45, 7) is 0. The number of carboxylic acid groups (broad SMARTS) is 1. The minimum atomic E-state index is -1.42. The van der Waals surface area contributed by atoms with Gasteiger partial charge in [0, 0.05) is 0 Å². The molecule has 0 aliphatic heterocycles. The zero-order chi connectivity index (χ0) is 9.30. The van der Waals surface area contributed by atoms with E-state index in [9.17, 15) is 9.18 Å². The number of aromatic hydroxyl groups is 1. The normalized spacial score (nSPS) is 9.83. The van der Waals surface area contributed by atoms with E-state index in [4.69, 9.17) is 21.8 Å². The van der Waals surface area contributed by atoms with E-state index in [1.165, 1.54) is 0 Å². The van der Waals surface area contributed by atoms with E-state index in [-0.39, 0.29) is 0 Å². The Morgan fingerprint density at radius 3 is 2.58 bits per heavy atom. The summed E-state index contributed by atoms with van der Waals surface area (Å²) in [5.41, 5.74) is -0.558. The maximum absolute atomic E-state index is 12.8. The van der Waals surface area contributed by atoms with E-state index in [1.54, 1.807) is 0 Å². The van der Waals surface area contributed by atoms with Crippen LogP contribution in [0.15, 0.2) is 12.1 Å². The van der Waals surface area contributed by atoms with Gasteiger partial charge in [-0.15, -0.1) is 0 Å². The Kier molecular flexibility index (Phi) is 2.19. The van der Waals surface area contributed by atoms with Crippen molar-refractivity contribution >= 4 is 17.6 Å². The Morgan fingerprint density at radius 1 is 1.50 bits per heavy atom. The van der Waals surface area contributed by atoms with Gasteiger partial charge in [-0.1, -0.05) is 11.6 Å². The fraction of sp³-hybridized carbons (Fsp3) is 0. The lowest BCUT2D eigenvalue weighted by Crippen LogP contribution is -2.00. The molecule has 0 radical (unpaired) electrons. The summed E-state index contributed by atoms with van der Waals surface area (Å²) >= 11 is 5.24. The molecule has 1 aromatic carbocycles. The first kappa shape index (κ1) is 8.80. The molecule has 0 spiro atoms. The number of hydrogen-bond donors (Lipinski definition) is 2. The lowest BCUT2D eigenvalue weighted by molar-refractivity contribution is 0.0692. The zero-order valence-corrected chi connectivity index (χ0v) is 6.47. The summed E-state index contributed by atoms with van der Waals surface area (Å²) in [7, 11) is 0. The van der Waals surface area contributed by atoms with Crippen LogP contribution in [0, 0.1) is 5.82 Å². The molecule has 0 aliphatic rings. The van der Waals surface area contributed by atoms with E-state index in [0.29, 0.717) is 0 Å². The summed E-state index contributed by atoms with van der Waals surface area (Å²) in [5, 5.41) is 16.7. The van der Waals surface area contributed by atoms with Crippen LogP contribution in [0.4, 0.5) is 4.39 Å². The van der Waals surface area contributed by atoms with Crippen LogP contribution in [-0.4, -0.2) is 16.2 Å². The quantitative estimate of drug-likeness (QED) is 0.711. The molecule has 12 heavy (non-hydrogen) atoms. The fourth-order valence-corrected chi connectivity index (χ4v) is 0.869. The molecule has 0 heterocycles. The molecule has 2 N–H and O–H groups in total. The van der Waals surface area contributed by atoms with Gasteiger partial charge in [-0.3, -0.25) is 0 Å². The summed E-state index contributed by atoms with van der Waals surface area (Å²) in [6.07, 6.45) is 0. The van der Waals surface area contributed by atoms with E-state index in [2.05, 4.69) is 0 Å². The van der Waals surface area contributed by atoms with Gasteiger partial charge >= 0.3 is 5.97 Å². The summed E-state index contributed by atoms with van der Waals surface area (Å²) in [4.78, 5) is 10.3. The van der Waals surface area contributed by atoms with Crippen LogP contribution in [0.5, 0.6) is 5.75 Å². The minimum absolute atomic E-state index is 0.473. The van der Waals surface area contributed by atoms with Gasteiger partial charge < -0.3 is 10.2 Å². The Labute approximate surface area is 72.0 Å². The third-order valence-electron chi connectivity index (χ3n) is 1.29. The van der Waals surface area contributed by atoms with Crippen molar-refractivity contribution in [1.29, 1.82) is 0 Å². The highest BCUT2D eigenvalue weighted by Gasteiger charge is 2.15. The van der Waals surface area contributed by atoms with Gasteiger partial charge in [0.2, 0.25) is 0 Å². The molecule has 3 nitrogen and oxygen atoms in total. The third-order valence-corrected chi connectivity index (χ3v) is 1.65. The van der Waals surface area contributed by atoms with Gasteiger partial charge in [-0.25, -0.2) is 9.18 Å². The number of carboxylic acids is 1. The monoisotopic (exact) mass is 190 g/mol. The molecule has 0 aliphatic carbocycles. The SMILES string of the molecule is O=C(O)c1ccc(O)c(Cl)c1F. The predicted octanol–water partition coefficient (Wildman–Crippen LogP) is 1.88. The van der Waals surface area contributed by atoms with Crippen LogP contribution < -0.4 is 0 Å². The standard InChI is InChI=1S/C7H4ClFO3/c8-5-4(10)2-1-3(6(5)9)7(11)12/h1-2,10H,(H,11,12). The lowest BCUT2D eigenvalue weighted by atomic mass is 10.2. The van der Waals surface area contributed by atoms with E-state index < -0.39 is 28.1 Å². The average molecular weight is 191 g/mol. The highest BCUT2D eigenvalue weighted by Crippen LogP contribution is 2.27. The molecule has 0 fully saturated rings. The third kappa shape index (κ3) is 1.33. The number of aromatic carboxylic acids is 1. The Morgan fingerprint density at radius 2 is 2.08 bits per heavy atom.